The van der Waals surface area contributed by atoms with Crippen LogP contribution in [0.25, 0.3) is 0 Å². The third-order valence-electron chi connectivity index (χ3n) is 6.40. The van der Waals surface area contributed by atoms with Crippen molar-refractivity contribution in [2.45, 2.75) is 83.5 Å². The van der Waals surface area contributed by atoms with Crippen molar-refractivity contribution in [3.8, 4) is 0 Å². The van der Waals surface area contributed by atoms with Gasteiger partial charge in [-0.3, -0.25) is 14.4 Å². The first-order valence-corrected chi connectivity index (χ1v) is 11.8. The van der Waals surface area contributed by atoms with Gasteiger partial charge in [0.05, 0.1) is 13.7 Å². The summed E-state index contributed by atoms with van der Waals surface area (Å²) in [6.45, 7) is 0.775. The van der Waals surface area contributed by atoms with Crippen molar-refractivity contribution in [2.24, 2.45) is 17.8 Å². The second-order valence-corrected chi connectivity index (χ2v) is 8.91. The third-order valence-corrected chi connectivity index (χ3v) is 6.40. The molecule has 2 aliphatic rings. The summed E-state index contributed by atoms with van der Waals surface area (Å²) in [5.74, 6) is 1.71. The SMILES string of the molecule is COC(=O)CCC/C=C\CC1CC1CNC(=O)CNC(=O)CCCC1CCCCC1. The molecule has 0 aromatic rings. The van der Waals surface area contributed by atoms with Crippen LogP contribution in [0.15, 0.2) is 12.2 Å². The molecule has 0 aromatic carbocycles. The van der Waals surface area contributed by atoms with Crippen LogP contribution < -0.4 is 10.6 Å². The monoisotopic (exact) mass is 420 g/mol. The topological polar surface area (TPSA) is 84.5 Å². The maximum absolute atomic E-state index is 11.9. The molecule has 0 spiro atoms. The number of methoxy groups -OCH3 is 1. The zero-order chi connectivity index (χ0) is 21.6. The second-order valence-electron chi connectivity index (χ2n) is 8.91. The quantitative estimate of drug-likeness (QED) is 0.254. The van der Waals surface area contributed by atoms with E-state index in [2.05, 4.69) is 27.5 Å². The lowest BCUT2D eigenvalue weighted by Crippen LogP contribution is -2.37. The van der Waals surface area contributed by atoms with Crippen molar-refractivity contribution >= 4 is 17.8 Å². The summed E-state index contributed by atoms with van der Waals surface area (Å²) in [6, 6.07) is 0. The van der Waals surface area contributed by atoms with Gasteiger partial charge in [-0.1, -0.05) is 44.3 Å². The summed E-state index contributed by atoms with van der Waals surface area (Å²) in [5.41, 5.74) is 0. The molecule has 0 radical (unpaired) electrons. The van der Waals surface area contributed by atoms with Crippen LogP contribution in [0.2, 0.25) is 0 Å². The van der Waals surface area contributed by atoms with E-state index in [9.17, 15) is 14.4 Å². The number of hydrogen-bond donors (Lipinski definition) is 2. The summed E-state index contributed by atoms with van der Waals surface area (Å²) >= 11 is 0. The van der Waals surface area contributed by atoms with Crippen LogP contribution in [0, 0.1) is 17.8 Å². The first kappa shape index (κ1) is 24.4. The first-order chi connectivity index (χ1) is 14.6. The van der Waals surface area contributed by atoms with Gasteiger partial charge in [0.2, 0.25) is 11.8 Å². The highest BCUT2D eigenvalue weighted by molar-refractivity contribution is 5.84. The van der Waals surface area contributed by atoms with Crippen molar-refractivity contribution in [1.82, 2.24) is 10.6 Å². The van der Waals surface area contributed by atoms with E-state index in [-0.39, 0.29) is 24.3 Å². The van der Waals surface area contributed by atoms with E-state index in [1.54, 1.807) is 0 Å². The molecule has 6 heteroatoms. The lowest BCUT2D eigenvalue weighted by atomic mass is 9.86. The molecule has 0 bridgehead atoms. The van der Waals surface area contributed by atoms with Crippen molar-refractivity contribution in [3.63, 3.8) is 0 Å². The molecule has 2 saturated carbocycles. The van der Waals surface area contributed by atoms with E-state index in [0.717, 1.165) is 44.4 Å². The minimum Gasteiger partial charge on any atom is -0.469 e. The van der Waals surface area contributed by atoms with Gasteiger partial charge in [-0.25, -0.2) is 0 Å². The number of amides is 2. The minimum atomic E-state index is -0.156. The predicted molar refractivity (Wildman–Crippen MR) is 118 cm³/mol. The minimum absolute atomic E-state index is 0.0115. The van der Waals surface area contributed by atoms with Crippen LogP contribution in [-0.2, 0) is 19.1 Å². The number of nitrogens with one attached hydrogen (secondary N) is 2. The van der Waals surface area contributed by atoms with Crippen LogP contribution in [0.1, 0.15) is 83.5 Å². The first-order valence-electron chi connectivity index (χ1n) is 11.8. The molecule has 0 heterocycles. The summed E-state index contributed by atoms with van der Waals surface area (Å²) in [4.78, 5) is 34.9. The van der Waals surface area contributed by atoms with Gasteiger partial charge in [0, 0.05) is 19.4 Å². The zero-order valence-corrected chi connectivity index (χ0v) is 18.6. The average Bonchev–Trinajstić information content (AvgIpc) is 3.52. The highest BCUT2D eigenvalue weighted by Crippen LogP contribution is 2.40. The Morgan fingerprint density at radius 1 is 0.933 bits per heavy atom. The molecule has 2 amide bonds. The Bertz CT molecular complexity index is 570. The average molecular weight is 421 g/mol. The zero-order valence-electron chi connectivity index (χ0n) is 18.6. The van der Waals surface area contributed by atoms with Crippen LogP contribution >= 0.6 is 0 Å². The Morgan fingerprint density at radius 3 is 2.50 bits per heavy atom. The Hall–Kier alpha value is -1.85. The van der Waals surface area contributed by atoms with E-state index in [4.69, 9.17) is 0 Å². The van der Waals surface area contributed by atoms with E-state index in [1.165, 1.54) is 39.2 Å². The van der Waals surface area contributed by atoms with Gasteiger partial charge in [0.25, 0.3) is 0 Å². The van der Waals surface area contributed by atoms with Crippen molar-refractivity contribution in [2.75, 3.05) is 20.2 Å². The van der Waals surface area contributed by atoms with Gasteiger partial charge in [-0.15, -0.1) is 0 Å². The molecular weight excluding hydrogens is 380 g/mol. The standard InChI is InChI=1S/C24H40N2O4/c1-30-24(29)15-8-3-2-7-13-20-16-21(20)17-25-23(28)18-26-22(27)14-9-12-19-10-5-4-6-11-19/h2,7,19-21H,3-6,8-18H2,1H3,(H,25,28)(H,26,27)/b7-2-. The van der Waals surface area contributed by atoms with Crippen molar-refractivity contribution in [3.05, 3.63) is 12.2 Å². The van der Waals surface area contributed by atoms with Crippen LogP contribution in [-0.4, -0.2) is 38.0 Å². The van der Waals surface area contributed by atoms with Crippen LogP contribution in [0.4, 0.5) is 0 Å². The number of allylic oxidation sites excluding steroid dienone is 2. The molecule has 170 valence electrons. The molecule has 0 aromatic heterocycles. The highest BCUT2D eigenvalue weighted by atomic mass is 16.5. The van der Waals surface area contributed by atoms with Gasteiger partial charge in [-0.2, -0.15) is 0 Å². The highest BCUT2D eigenvalue weighted by Gasteiger charge is 2.35. The molecule has 30 heavy (non-hydrogen) atoms. The number of esters is 1. The Morgan fingerprint density at radius 2 is 1.73 bits per heavy atom. The van der Waals surface area contributed by atoms with Crippen molar-refractivity contribution < 1.29 is 19.1 Å². The van der Waals surface area contributed by atoms with Gasteiger partial charge < -0.3 is 15.4 Å². The van der Waals surface area contributed by atoms with Crippen LogP contribution in [0.3, 0.4) is 0 Å². The summed E-state index contributed by atoms with van der Waals surface area (Å²) in [6.07, 6.45) is 17.9. The Labute approximate surface area is 181 Å². The lowest BCUT2D eigenvalue weighted by molar-refractivity contribution is -0.140. The van der Waals surface area contributed by atoms with E-state index < -0.39 is 0 Å². The fraction of sp³-hybridized carbons (Fsp3) is 0.792. The molecule has 0 aliphatic heterocycles. The molecule has 6 nitrogen and oxygen atoms in total. The Kier molecular flexibility index (Phi) is 11.6. The maximum Gasteiger partial charge on any atom is 0.305 e. The predicted octanol–water partition coefficient (Wildman–Crippen LogP) is 3.90. The molecule has 2 unspecified atom stereocenters. The number of carbonyl (C=O) groups excluding carboxylic acids is 3. The summed E-state index contributed by atoms with van der Waals surface area (Å²) in [5, 5.41) is 5.68. The maximum atomic E-state index is 11.9. The lowest BCUT2D eigenvalue weighted by Gasteiger charge is -2.21. The molecule has 2 atom stereocenters. The smallest absolute Gasteiger partial charge is 0.305 e. The van der Waals surface area contributed by atoms with Gasteiger partial charge in [-0.05, 0) is 56.3 Å². The second kappa shape index (κ2) is 14.2. The molecule has 2 aliphatic carbocycles. The van der Waals surface area contributed by atoms with Gasteiger partial charge in [0.15, 0.2) is 0 Å². The normalized spacial score (nSPS) is 21.4. The fourth-order valence-electron chi connectivity index (χ4n) is 4.31. The molecule has 0 saturated heterocycles. The van der Waals surface area contributed by atoms with Crippen molar-refractivity contribution in [1.29, 1.82) is 0 Å². The summed E-state index contributed by atoms with van der Waals surface area (Å²) < 4.78 is 4.61. The largest absolute Gasteiger partial charge is 0.469 e. The molecule has 2 fully saturated rings. The van der Waals surface area contributed by atoms with Crippen LogP contribution in [0.5, 0.6) is 0 Å². The van der Waals surface area contributed by atoms with Gasteiger partial charge >= 0.3 is 5.97 Å². The Balaban J connectivity index is 1.42. The number of rotatable bonds is 14. The van der Waals surface area contributed by atoms with Gasteiger partial charge in [0.1, 0.15) is 0 Å². The molecule has 2 rings (SSSR count). The van der Waals surface area contributed by atoms with E-state index >= 15 is 0 Å². The van der Waals surface area contributed by atoms with E-state index in [1.807, 2.05) is 0 Å². The number of ether oxygens (including phenoxy) is 1. The number of hydrogen-bond acceptors (Lipinski definition) is 4. The molecular formula is C24H40N2O4. The summed E-state index contributed by atoms with van der Waals surface area (Å²) in [7, 11) is 1.41. The number of unbranched alkanes of at least 4 members (excludes halogenated alkanes) is 1. The third kappa shape index (κ3) is 10.8. The van der Waals surface area contributed by atoms with E-state index in [0.29, 0.717) is 31.2 Å². The molecule has 2 N–H and O–H groups in total. The fourth-order valence-corrected chi connectivity index (χ4v) is 4.31. The number of carbonyl (C=O) groups is 3.